The van der Waals surface area contributed by atoms with Crippen LogP contribution in [0.15, 0.2) is 42.5 Å². The van der Waals surface area contributed by atoms with Gasteiger partial charge in [0.05, 0.1) is 13.7 Å². The summed E-state index contributed by atoms with van der Waals surface area (Å²) in [6.45, 7) is 4.79. The van der Waals surface area contributed by atoms with E-state index in [0.717, 1.165) is 33.3 Å². The number of hydrogen-bond donors (Lipinski definition) is 2. The number of carbonyl (C=O) groups is 1. The number of amides is 1. The lowest BCUT2D eigenvalue weighted by Gasteiger charge is -2.24. The van der Waals surface area contributed by atoms with Crippen molar-refractivity contribution in [3.8, 4) is 5.75 Å². The van der Waals surface area contributed by atoms with E-state index in [-0.39, 0.29) is 5.91 Å². The van der Waals surface area contributed by atoms with Gasteiger partial charge in [0.1, 0.15) is 17.0 Å². The lowest BCUT2D eigenvalue weighted by Crippen LogP contribution is -2.34. The minimum absolute atomic E-state index is 0.0781. The number of β-amino-alcohol motifs (C(OH)–C–C–N with tert-alkyl or cyclic N) is 1. The van der Waals surface area contributed by atoms with E-state index in [9.17, 15) is 9.90 Å². The van der Waals surface area contributed by atoms with Gasteiger partial charge in [-0.1, -0.05) is 29.8 Å². The van der Waals surface area contributed by atoms with Gasteiger partial charge in [0.25, 0.3) is 5.91 Å². The number of aryl methyl sites for hydroxylation is 2. The molecule has 1 aromatic heterocycles. The number of aliphatic hydroxyl groups is 1. The third kappa shape index (κ3) is 2.98. The maximum absolute atomic E-state index is 13.1. The SMILES string of the molecule is COc1ccc2[nH]c(C(=O)N3CCC(O)(c4ccc(C)cc4)C3)c(C)c2c1. The highest BCUT2D eigenvalue weighted by Gasteiger charge is 2.40. The molecule has 0 radical (unpaired) electrons. The topological polar surface area (TPSA) is 65.6 Å². The second-order valence-corrected chi connectivity index (χ2v) is 7.41. The molecule has 0 aliphatic carbocycles. The van der Waals surface area contributed by atoms with Gasteiger partial charge >= 0.3 is 0 Å². The molecule has 2 N–H and O–H groups in total. The third-order valence-corrected chi connectivity index (χ3v) is 5.60. The molecule has 1 aliphatic rings. The zero-order valence-corrected chi connectivity index (χ0v) is 15.9. The second-order valence-electron chi connectivity index (χ2n) is 7.41. The number of aromatic nitrogens is 1. The Kier molecular flexibility index (Phi) is 4.19. The fourth-order valence-corrected chi connectivity index (χ4v) is 3.87. The van der Waals surface area contributed by atoms with E-state index in [0.29, 0.717) is 25.2 Å². The normalized spacial score (nSPS) is 19.6. The van der Waals surface area contributed by atoms with E-state index >= 15 is 0 Å². The van der Waals surface area contributed by atoms with E-state index in [2.05, 4.69) is 4.98 Å². The van der Waals surface area contributed by atoms with Gasteiger partial charge in [-0.25, -0.2) is 0 Å². The molecule has 4 rings (SSSR count). The number of hydrogen-bond acceptors (Lipinski definition) is 3. The summed E-state index contributed by atoms with van der Waals surface area (Å²) in [6.07, 6.45) is 0.537. The van der Waals surface area contributed by atoms with Crippen molar-refractivity contribution in [1.82, 2.24) is 9.88 Å². The van der Waals surface area contributed by atoms with Crippen LogP contribution in [0.25, 0.3) is 10.9 Å². The summed E-state index contributed by atoms with van der Waals surface area (Å²) in [4.78, 5) is 18.1. The standard InChI is InChI=1S/C22H24N2O3/c1-14-4-6-16(7-5-14)22(26)10-11-24(13-22)21(25)20-15(2)18-12-17(27-3)8-9-19(18)23-20/h4-9,12,23,26H,10-11,13H2,1-3H3. The van der Waals surface area contributed by atoms with Crippen molar-refractivity contribution in [2.45, 2.75) is 25.9 Å². The molecule has 27 heavy (non-hydrogen) atoms. The number of rotatable bonds is 3. The molecule has 2 heterocycles. The number of aromatic amines is 1. The number of ether oxygens (including phenoxy) is 1. The van der Waals surface area contributed by atoms with Crippen molar-refractivity contribution in [1.29, 1.82) is 0 Å². The minimum Gasteiger partial charge on any atom is -0.497 e. The molecule has 3 aromatic rings. The van der Waals surface area contributed by atoms with Crippen molar-refractivity contribution >= 4 is 16.8 Å². The van der Waals surface area contributed by atoms with E-state index in [1.165, 1.54) is 0 Å². The van der Waals surface area contributed by atoms with Crippen molar-refractivity contribution in [2.24, 2.45) is 0 Å². The highest BCUT2D eigenvalue weighted by Crippen LogP contribution is 2.34. The summed E-state index contributed by atoms with van der Waals surface area (Å²) < 4.78 is 5.29. The van der Waals surface area contributed by atoms with Crippen LogP contribution in [0.4, 0.5) is 0 Å². The van der Waals surface area contributed by atoms with E-state index in [1.54, 1.807) is 12.0 Å². The Bertz CT molecular complexity index is 1010. The van der Waals surface area contributed by atoms with Crippen LogP contribution in [0.5, 0.6) is 5.75 Å². The molecule has 1 amide bonds. The van der Waals surface area contributed by atoms with E-state index in [4.69, 9.17) is 4.74 Å². The predicted octanol–water partition coefficient (Wildman–Crippen LogP) is 3.53. The molecule has 1 aliphatic heterocycles. The van der Waals surface area contributed by atoms with Gasteiger partial charge in [0.15, 0.2) is 0 Å². The second kappa shape index (κ2) is 6.43. The van der Waals surface area contributed by atoms with Crippen molar-refractivity contribution in [2.75, 3.05) is 20.2 Å². The maximum atomic E-state index is 13.1. The molecular formula is C22H24N2O3. The van der Waals surface area contributed by atoms with Crippen LogP contribution in [0.1, 0.15) is 33.6 Å². The number of methoxy groups -OCH3 is 1. The molecule has 1 fully saturated rings. The molecule has 1 unspecified atom stereocenters. The van der Waals surface area contributed by atoms with Gasteiger partial charge in [-0.15, -0.1) is 0 Å². The number of nitrogens with zero attached hydrogens (tertiary/aromatic N) is 1. The van der Waals surface area contributed by atoms with Crippen LogP contribution in [0, 0.1) is 13.8 Å². The summed E-state index contributed by atoms with van der Waals surface area (Å²) in [5, 5.41) is 12.1. The quantitative estimate of drug-likeness (QED) is 0.747. The first-order valence-corrected chi connectivity index (χ1v) is 9.16. The van der Waals surface area contributed by atoms with Gasteiger partial charge in [-0.05, 0) is 49.6 Å². The molecule has 2 aromatic carbocycles. The average molecular weight is 364 g/mol. The van der Waals surface area contributed by atoms with Gasteiger partial charge < -0.3 is 19.7 Å². The Hall–Kier alpha value is -2.79. The third-order valence-electron chi connectivity index (χ3n) is 5.60. The van der Waals surface area contributed by atoms with Crippen LogP contribution in [0.3, 0.4) is 0 Å². The van der Waals surface area contributed by atoms with E-state index in [1.807, 2.05) is 56.3 Å². The Balaban J connectivity index is 1.61. The van der Waals surface area contributed by atoms with Gasteiger partial charge in [0.2, 0.25) is 0 Å². The highest BCUT2D eigenvalue weighted by atomic mass is 16.5. The lowest BCUT2D eigenvalue weighted by molar-refractivity contribution is 0.0415. The molecule has 140 valence electrons. The molecule has 0 saturated carbocycles. The van der Waals surface area contributed by atoms with Gasteiger partial charge in [-0.3, -0.25) is 4.79 Å². The summed E-state index contributed by atoms with van der Waals surface area (Å²) in [5.74, 6) is 0.684. The zero-order chi connectivity index (χ0) is 19.2. The maximum Gasteiger partial charge on any atom is 0.270 e. The van der Waals surface area contributed by atoms with Crippen LogP contribution >= 0.6 is 0 Å². The van der Waals surface area contributed by atoms with Gasteiger partial charge in [0, 0.05) is 17.4 Å². The molecule has 0 spiro atoms. The van der Waals surface area contributed by atoms with Crippen LogP contribution in [-0.2, 0) is 5.60 Å². The number of fused-ring (bicyclic) bond motifs is 1. The van der Waals surface area contributed by atoms with Crippen LogP contribution in [-0.4, -0.2) is 41.1 Å². The monoisotopic (exact) mass is 364 g/mol. The smallest absolute Gasteiger partial charge is 0.270 e. The molecule has 1 atom stereocenters. The van der Waals surface area contributed by atoms with Crippen molar-refractivity contribution < 1.29 is 14.6 Å². The Morgan fingerprint density at radius 1 is 1.19 bits per heavy atom. The molecule has 5 nitrogen and oxygen atoms in total. The number of nitrogens with one attached hydrogen (secondary N) is 1. The molecular weight excluding hydrogens is 340 g/mol. The van der Waals surface area contributed by atoms with Crippen molar-refractivity contribution in [3.63, 3.8) is 0 Å². The first kappa shape index (κ1) is 17.6. The Labute approximate surface area is 158 Å². The van der Waals surface area contributed by atoms with E-state index < -0.39 is 5.60 Å². The summed E-state index contributed by atoms with van der Waals surface area (Å²) in [6, 6.07) is 13.6. The fourth-order valence-electron chi connectivity index (χ4n) is 3.87. The average Bonchev–Trinajstić information content (AvgIpc) is 3.23. The summed E-state index contributed by atoms with van der Waals surface area (Å²) in [5.41, 5.74) is 3.40. The number of benzene rings is 2. The minimum atomic E-state index is -0.994. The van der Waals surface area contributed by atoms with Crippen LogP contribution < -0.4 is 4.74 Å². The molecule has 0 bridgehead atoms. The first-order valence-electron chi connectivity index (χ1n) is 9.16. The summed E-state index contributed by atoms with van der Waals surface area (Å²) >= 11 is 0. The predicted molar refractivity (Wildman–Crippen MR) is 105 cm³/mol. The number of H-pyrrole nitrogens is 1. The fraction of sp³-hybridized carbons (Fsp3) is 0.318. The summed E-state index contributed by atoms with van der Waals surface area (Å²) in [7, 11) is 1.63. The first-order chi connectivity index (χ1) is 12.9. The Morgan fingerprint density at radius 2 is 1.93 bits per heavy atom. The van der Waals surface area contributed by atoms with Crippen molar-refractivity contribution in [3.05, 3.63) is 64.8 Å². The van der Waals surface area contributed by atoms with Gasteiger partial charge in [-0.2, -0.15) is 0 Å². The van der Waals surface area contributed by atoms with Crippen LogP contribution in [0.2, 0.25) is 0 Å². The Morgan fingerprint density at radius 3 is 2.63 bits per heavy atom. The lowest BCUT2D eigenvalue weighted by atomic mass is 9.92. The highest BCUT2D eigenvalue weighted by molar-refractivity contribution is 6.01. The zero-order valence-electron chi connectivity index (χ0n) is 15.9. The number of likely N-dealkylation sites (tertiary alicyclic amines) is 1. The molecule has 1 saturated heterocycles. The largest absolute Gasteiger partial charge is 0.497 e. The molecule has 5 heteroatoms. The number of carbonyl (C=O) groups excluding carboxylic acids is 1.